The fourth-order valence-electron chi connectivity index (χ4n) is 3.72. The minimum Gasteiger partial charge on any atom is -0.327 e. The Morgan fingerprint density at radius 2 is 1.95 bits per heavy atom. The minimum atomic E-state index is 0.368. The van der Waals surface area contributed by atoms with Gasteiger partial charge in [0.1, 0.15) is 5.82 Å². The van der Waals surface area contributed by atoms with Crippen LogP contribution < -0.4 is 0 Å². The van der Waals surface area contributed by atoms with E-state index in [0.29, 0.717) is 5.41 Å². The van der Waals surface area contributed by atoms with Gasteiger partial charge in [-0.15, -0.1) is 0 Å². The van der Waals surface area contributed by atoms with Crippen LogP contribution in [0.3, 0.4) is 0 Å². The molecule has 3 rings (SSSR count). The molecule has 2 nitrogen and oxygen atoms in total. The molecule has 21 heavy (non-hydrogen) atoms. The quantitative estimate of drug-likeness (QED) is 0.780. The van der Waals surface area contributed by atoms with Gasteiger partial charge in [0.05, 0.1) is 11.0 Å². The standard InChI is InChI=1S/C18H26N2S/c1-2-8-17-19-15-9-4-5-10-16(15)20(17)13-18(14-21)11-6-3-7-12-18/h4-5,9-10,21H,2-3,6-8,11-14H2,1H3. The number of rotatable bonds is 5. The Balaban J connectivity index is 1.99. The largest absolute Gasteiger partial charge is 0.327 e. The predicted molar refractivity (Wildman–Crippen MR) is 93.1 cm³/mol. The first-order chi connectivity index (χ1) is 10.3. The summed E-state index contributed by atoms with van der Waals surface area (Å²) < 4.78 is 2.49. The third kappa shape index (κ3) is 2.98. The number of nitrogens with zero attached hydrogens (tertiary/aromatic N) is 2. The van der Waals surface area contributed by atoms with E-state index in [9.17, 15) is 0 Å². The first-order valence-electron chi connectivity index (χ1n) is 8.33. The van der Waals surface area contributed by atoms with Gasteiger partial charge < -0.3 is 4.57 Å². The summed E-state index contributed by atoms with van der Waals surface area (Å²) in [6.45, 7) is 3.32. The summed E-state index contributed by atoms with van der Waals surface area (Å²) in [5, 5.41) is 0. The Morgan fingerprint density at radius 1 is 1.19 bits per heavy atom. The van der Waals surface area contributed by atoms with E-state index in [1.165, 1.54) is 43.4 Å². The molecule has 0 saturated heterocycles. The van der Waals surface area contributed by atoms with Crippen LogP contribution in [0.15, 0.2) is 24.3 Å². The smallest absolute Gasteiger partial charge is 0.109 e. The van der Waals surface area contributed by atoms with E-state index < -0.39 is 0 Å². The Bertz CT molecular complexity index is 596. The lowest BCUT2D eigenvalue weighted by Gasteiger charge is -2.37. The lowest BCUT2D eigenvalue weighted by molar-refractivity contribution is 0.190. The number of aryl methyl sites for hydroxylation is 1. The van der Waals surface area contributed by atoms with Gasteiger partial charge in [-0.1, -0.05) is 38.3 Å². The molecule has 0 spiro atoms. The van der Waals surface area contributed by atoms with Crippen LogP contribution in [0.5, 0.6) is 0 Å². The van der Waals surface area contributed by atoms with Crippen molar-refractivity contribution in [2.45, 2.75) is 58.4 Å². The number of imidazole rings is 1. The molecule has 2 aromatic rings. The normalized spacial score (nSPS) is 18.2. The van der Waals surface area contributed by atoms with Gasteiger partial charge in [0.2, 0.25) is 0 Å². The van der Waals surface area contributed by atoms with Crippen molar-refractivity contribution in [3.05, 3.63) is 30.1 Å². The van der Waals surface area contributed by atoms with Gasteiger partial charge in [-0.2, -0.15) is 12.6 Å². The second-order valence-corrected chi connectivity index (χ2v) is 6.89. The van der Waals surface area contributed by atoms with Crippen molar-refractivity contribution in [1.82, 2.24) is 9.55 Å². The number of hydrogen-bond acceptors (Lipinski definition) is 2. The van der Waals surface area contributed by atoms with E-state index in [1.807, 2.05) is 0 Å². The van der Waals surface area contributed by atoms with Crippen molar-refractivity contribution in [3.8, 4) is 0 Å². The molecule has 1 heterocycles. The molecule has 0 N–H and O–H groups in total. The van der Waals surface area contributed by atoms with Gasteiger partial charge in [-0.05, 0) is 42.6 Å². The average Bonchev–Trinajstić information content (AvgIpc) is 2.86. The SMILES string of the molecule is CCCc1nc2ccccc2n1CC1(CS)CCCCC1. The van der Waals surface area contributed by atoms with Crippen LogP contribution in [-0.4, -0.2) is 15.3 Å². The summed E-state index contributed by atoms with van der Waals surface area (Å²) in [4.78, 5) is 4.87. The second-order valence-electron chi connectivity index (χ2n) is 6.57. The van der Waals surface area contributed by atoms with Crippen molar-refractivity contribution in [2.24, 2.45) is 5.41 Å². The van der Waals surface area contributed by atoms with Gasteiger partial charge >= 0.3 is 0 Å². The molecule has 114 valence electrons. The van der Waals surface area contributed by atoms with Crippen molar-refractivity contribution in [1.29, 1.82) is 0 Å². The van der Waals surface area contributed by atoms with Gasteiger partial charge in [0.25, 0.3) is 0 Å². The van der Waals surface area contributed by atoms with Gasteiger partial charge in [0.15, 0.2) is 0 Å². The molecule has 0 unspecified atom stereocenters. The fraction of sp³-hybridized carbons (Fsp3) is 0.611. The van der Waals surface area contributed by atoms with Crippen LogP contribution in [0.2, 0.25) is 0 Å². The highest BCUT2D eigenvalue weighted by Gasteiger charge is 2.32. The highest BCUT2D eigenvalue weighted by atomic mass is 32.1. The summed E-state index contributed by atoms with van der Waals surface area (Å²) in [7, 11) is 0. The monoisotopic (exact) mass is 302 g/mol. The molecule has 0 bridgehead atoms. The number of para-hydroxylation sites is 2. The zero-order valence-corrected chi connectivity index (χ0v) is 13.9. The Morgan fingerprint density at radius 3 is 2.67 bits per heavy atom. The zero-order chi connectivity index (χ0) is 14.7. The van der Waals surface area contributed by atoms with E-state index in [-0.39, 0.29) is 0 Å². The first kappa shape index (κ1) is 15.0. The van der Waals surface area contributed by atoms with Crippen molar-refractivity contribution in [3.63, 3.8) is 0 Å². The summed E-state index contributed by atoms with van der Waals surface area (Å²) >= 11 is 4.71. The molecular formula is C18H26N2S. The molecule has 1 saturated carbocycles. The minimum absolute atomic E-state index is 0.368. The highest BCUT2D eigenvalue weighted by molar-refractivity contribution is 7.80. The summed E-state index contributed by atoms with van der Waals surface area (Å²) in [5.41, 5.74) is 2.81. The number of hydrogen-bond donors (Lipinski definition) is 1. The topological polar surface area (TPSA) is 17.8 Å². The van der Waals surface area contributed by atoms with Crippen molar-refractivity contribution in [2.75, 3.05) is 5.75 Å². The molecule has 1 fully saturated rings. The third-order valence-corrected chi connectivity index (χ3v) is 5.62. The maximum atomic E-state index is 4.87. The summed E-state index contributed by atoms with van der Waals surface area (Å²) in [6, 6.07) is 8.57. The average molecular weight is 302 g/mol. The second kappa shape index (κ2) is 6.43. The van der Waals surface area contributed by atoms with Crippen molar-refractivity contribution >= 4 is 23.7 Å². The van der Waals surface area contributed by atoms with Crippen LogP contribution in [-0.2, 0) is 13.0 Å². The van der Waals surface area contributed by atoms with E-state index in [0.717, 1.165) is 30.7 Å². The van der Waals surface area contributed by atoms with Gasteiger partial charge in [-0.25, -0.2) is 4.98 Å². The van der Waals surface area contributed by atoms with Crippen LogP contribution in [0.4, 0.5) is 0 Å². The first-order valence-corrected chi connectivity index (χ1v) is 8.96. The summed E-state index contributed by atoms with van der Waals surface area (Å²) in [6.07, 6.45) is 8.95. The van der Waals surface area contributed by atoms with Gasteiger partial charge in [0, 0.05) is 13.0 Å². The molecule has 1 aliphatic carbocycles. The lowest BCUT2D eigenvalue weighted by Crippen LogP contribution is -2.32. The van der Waals surface area contributed by atoms with Crippen LogP contribution in [0, 0.1) is 5.41 Å². The molecule has 1 aromatic heterocycles. The van der Waals surface area contributed by atoms with Crippen LogP contribution in [0.1, 0.15) is 51.3 Å². The van der Waals surface area contributed by atoms with E-state index in [4.69, 9.17) is 17.6 Å². The maximum Gasteiger partial charge on any atom is 0.109 e. The molecule has 1 aliphatic rings. The van der Waals surface area contributed by atoms with E-state index in [2.05, 4.69) is 35.8 Å². The van der Waals surface area contributed by atoms with Crippen molar-refractivity contribution < 1.29 is 0 Å². The third-order valence-electron chi connectivity index (χ3n) is 4.95. The number of fused-ring (bicyclic) bond motifs is 1. The zero-order valence-electron chi connectivity index (χ0n) is 13.0. The molecule has 1 aromatic carbocycles. The van der Waals surface area contributed by atoms with E-state index in [1.54, 1.807) is 0 Å². The lowest BCUT2D eigenvalue weighted by atomic mass is 9.75. The number of benzene rings is 1. The molecule has 0 amide bonds. The van der Waals surface area contributed by atoms with E-state index >= 15 is 0 Å². The van der Waals surface area contributed by atoms with Gasteiger partial charge in [-0.3, -0.25) is 0 Å². The predicted octanol–water partition coefficient (Wildman–Crippen LogP) is 4.87. The molecular weight excluding hydrogens is 276 g/mol. The Hall–Kier alpha value is -0.960. The molecule has 0 radical (unpaired) electrons. The number of aromatic nitrogens is 2. The fourth-order valence-corrected chi connectivity index (χ4v) is 4.14. The molecule has 0 aliphatic heterocycles. The summed E-state index contributed by atoms with van der Waals surface area (Å²) in [5.74, 6) is 2.25. The molecule has 0 atom stereocenters. The van der Waals surface area contributed by atoms with Crippen LogP contribution in [0.25, 0.3) is 11.0 Å². The van der Waals surface area contributed by atoms with Crippen LogP contribution >= 0.6 is 12.6 Å². The Kier molecular flexibility index (Phi) is 4.58. The molecule has 3 heteroatoms. The number of thiol groups is 1. The maximum absolute atomic E-state index is 4.87. The highest BCUT2D eigenvalue weighted by Crippen LogP contribution is 2.39. The Labute approximate surface area is 133 Å².